The van der Waals surface area contributed by atoms with Crippen LogP contribution in [0.2, 0.25) is 0 Å². The van der Waals surface area contributed by atoms with Crippen molar-refractivity contribution in [2.45, 2.75) is 13.0 Å². The van der Waals surface area contributed by atoms with Gasteiger partial charge in [0.05, 0.1) is 6.42 Å². The third kappa shape index (κ3) is 4.10. The SMILES string of the molecule is CO/N=C(SC)/C1=N/OCc2ccccc2/C(=N/OC)C(=O)C1. The van der Waals surface area contributed by atoms with E-state index >= 15 is 0 Å². The lowest BCUT2D eigenvalue weighted by Crippen LogP contribution is -2.23. The fourth-order valence-corrected chi connectivity index (χ4v) is 2.57. The van der Waals surface area contributed by atoms with E-state index in [4.69, 9.17) is 14.5 Å². The summed E-state index contributed by atoms with van der Waals surface area (Å²) in [6.07, 6.45) is 1.80. The highest BCUT2D eigenvalue weighted by Crippen LogP contribution is 2.17. The van der Waals surface area contributed by atoms with Crippen LogP contribution in [-0.4, -0.2) is 42.7 Å². The Hall–Kier alpha value is -2.35. The molecular weight excluding hydrogens is 318 g/mol. The number of fused-ring (bicyclic) bond motifs is 1. The van der Waals surface area contributed by atoms with Crippen LogP contribution in [0.3, 0.4) is 0 Å². The quantitative estimate of drug-likeness (QED) is 0.480. The molecule has 1 aromatic rings. The lowest BCUT2D eigenvalue weighted by atomic mass is 9.98. The highest BCUT2D eigenvalue weighted by molar-refractivity contribution is 8.15. The van der Waals surface area contributed by atoms with Gasteiger partial charge in [-0.1, -0.05) is 39.7 Å². The normalized spacial score (nSPS) is 19.6. The molecule has 0 saturated carbocycles. The van der Waals surface area contributed by atoms with E-state index in [0.29, 0.717) is 16.3 Å². The number of Topliss-reactive ketones (excluding diaryl/α,β-unsaturated/α-hetero) is 1. The van der Waals surface area contributed by atoms with Crippen molar-refractivity contribution < 1.29 is 19.3 Å². The first-order valence-electron chi connectivity index (χ1n) is 6.78. The van der Waals surface area contributed by atoms with E-state index < -0.39 is 0 Å². The Morgan fingerprint density at radius 1 is 1.30 bits per heavy atom. The molecule has 1 aliphatic heterocycles. The first-order valence-corrected chi connectivity index (χ1v) is 8.00. The molecule has 0 unspecified atom stereocenters. The molecule has 1 aliphatic rings. The first-order chi connectivity index (χ1) is 11.2. The maximum absolute atomic E-state index is 12.7. The third-order valence-corrected chi connectivity index (χ3v) is 3.75. The predicted molar refractivity (Wildman–Crippen MR) is 89.8 cm³/mol. The van der Waals surface area contributed by atoms with E-state index in [1.54, 1.807) is 6.07 Å². The summed E-state index contributed by atoms with van der Waals surface area (Å²) in [5.41, 5.74) is 2.10. The smallest absolute Gasteiger partial charge is 0.191 e. The minimum absolute atomic E-state index is 0.0143. The fraction of sp³-hybridized carbons (Fsp3) is 0.333. The summed E-state index contributed by atoms with van der Waals surface area (Å²) >= 11 is 1.32. The molecule has 2 rings (SSSR count). The second kappa shape index (κ2) is 8.33. The topological polar surface area (TPSA) is 81.8 Å². The average Bonchev–Trinajstić information content (AvgIpc) is 2.62. The number of benzene rings is 1. The molecule has 0 radical (unpaired) electrons. The van der Waals surface area contributed by atoms with E-state index in [1.807, 2.05) is 24.5 Å². The van der Waals surface area contributed by atoms with Crippen LogP contribution in [0, 0.1) is 0 Å². The minimum atomic E-state index is -0.235. The van der Waals surface area contributed by atoms with Crippen molar-refractivity contribution >= 4 is 34.0 Å². The van der Waals surface area contributed by atoms with Crippen molar-refractivity contribution in [2.24, 2.45) is 15.5 Å². The molecule has 0 aromatic heterocycles. The Morgan fingerprint density at radius 3 is 2.78 bits per heavy atom. The average molecular weight is 335 g/mol. The number of carbonyl (C=O) groups is 1. The van der Waals surface area contributed by atoms with Gasteiger partial charge in [-0.25, -0.2) is 0 Å². The highest BCUT2D eigenvalue weighted by Gasteiger charge is 2.24. The van der Waals surface area contributed by atoms with Gasteiger partial charge in [0.2, 0.25) is 0 Å². The van der Waals surface area contributed by atoms with Crippen molar-refractivity contribution in [3.8, 4) is 0 Å². The van der Waals surface area contributed by atoms with Crippen molar-refractivity contribution in [2.75, 3.05) is 20.5 Å². The van der Waals surface area contributed by atoms with Crippen molar-refractivity contribution in [3.63, 3.8) is 0 Å². The Morgan fingerprint density at radius 2 is 2.09 bits per heavy atom. The van der Waals surface area contributed by atoms with Gasteiger partial charge < -0.3 is 14.5 Å². The number of hydrogen-bond acceptors (Lipinski definition) is 8. The second-order valence-corrected chi connectivity index (χ2v) is 5.27. The molecule has 0 aliphatic carbocycles. The van der Waals surface area contributed by atoms with Gasteiger partial charge in [-0.2, -0.15) is 0 Å². The standard InChI is InChI=1S/C15H17N3O4S/c1-20-17-14-11-7-5-4-6-10(11)9-22-16-12(8-13(14)19)15(23-3)18-21-2/h4-7H,8-9H2,1-3H3/b16-12+,17-14-,18-15-. The van der Waals surface area contributed by atoms with E-state index in [0.717, 1.165) is 5.56 Å². The Bertz CT molecular complexity index is 670. The summed E-state index contributed by atoms with van der Waals surface area (Å²) in [4.78, 5) is 27.7. The molecule has 0 fully saturated rings. The Balaban J connectivity index is 2.46. The molecule has 1 heterocycles. The van der Waals surface area contributed by atoms with E-state index in [9.17, 15) is 4.79 Å². The molecule has 0 atom stereocenters. The van der Waals surface area contributed by atoms with Gasteiger partial charge in [-0.15, -0.1) is 11.8 Å². The summed E-state index contributed by atoms with van der Waals surface area (Å²) in [6.45, 7) is 0.213. The van der Waals surface area contributed by atoms with E-state index in [2.05, 4.69) is 15.5 Å². The van der Waals surface area contributed by atoms with E-state index in [1.165, 1.54) is 26.0 Å². The van der Waals surface area contributed by atoms with Crippen LogP contribution in [0.5, 0.6) is 0 Å². The number of nitrogens with zero attached hydrogens (tertiary/aromatic N) is 3. The zero-order valence-electron chi connectivity index (χ0n) is 13.1. The van der Waals surface area contributed by atoms with Crippen LogP contribution in [-0.2, 0) is 25.9 Å². The molecule has 23 heavy (non-hydrogen) atoms. The molecule has 0 amide bonds. The van der Waals surface area contributed by atoms with E-state index in [-0.39, 0.29) is 24.5 Å². The molecule has 0 spiro atoms. The number of hydrogen-bond donors (Lipinski definition) is 0. The largest absolute Gasteiger partial charge is 0.399 e. The number of ketones is 1. The second-order valence-electron chi connectivity index (χ2n) is 4.47. The monoisotopic (exact) mass is 335 g/mol. The number of oxime groups is 3. The summed E-state index contributed by atoms with van der Waals surface area (Å²) in [6, 6.07) is 7.35. The maximum atomic E-state index is 12.7. The summed E-state index contributed by atoms with van der Waals surface area (Å²) in [7, 11) is 2.84. The third-order valence-electron chi connectivity index (χ3n) is 3.06. The Labute approximate surface area is 138 Å². The van der Waals surface area contributed by atoms with Gasteiger partial charge in [0, 0.05) is 11.1 Å². The van der Waals surface area contributed by atoms with Crippen molar-refractivity contribution in [3.05, 3.63) is 35.4 Å². The van der Waals surface area contributed by atoms with Crippen molar-refractivity contribution in [1.82, 2.24) is 0 Å². The molecule has 0 bridgehead atoms. The zero-order chi connectivity index (χ0) is 16.7. The van der Waals surface area contributed by atoms with Crippen LogP contribution in [0.4, 0.5) is 0 Å². The fourth-order valence-electron chi connectivity index (χ4n) is 2.07. The maximum Gasteiger partial charge on any atom is 0.191 e. The van der Waals surface area contributed by atoms with Crippen LogP contribution < -0.4 is 0 Å². The lowest BCUT2D eigenvalue weighted by molar-refractivity contribution is -0.112. The summed E-state index contributed by atoms with van der Waals surface area (Å²) in [5.74, 6) is -0.235. The van der Waals surface area contributed by atoms with Crippen LogP contribution in [0.15, 0.2) is 39.7 Å². The van der Waals surface area contributed by atoms with Gasteiger partial charge in [-0.3, -0.25) is 4.79 Å². The Kier molecular flexibility index (Phi) is 6.16. The van der Waals surface area contributed by atoms with Crippen molar-refractivity contribution in [1.29, 1.82) is 0 Å². The molecule has 8 heteroatoms. The summed E-state index contributed by atoms with van der Waals surface area (Å²) in [5, 5.41) is 12.3. The number of thioether (sulfide) groups is 1. The summed E-state index contributed by atoms with van der Waals surface area (Å²) < 4.78 is 0. The first kappa shape index (κ1) is 17.0. The molecule has 1 aromatic carbocycles. The number of rotatable bonds is 3. The highest BCUT2D eigenvalue weighted by atomic mass is 32.2. The number of carbonyl (C=O) groups excluding carboxylic acids is 1. The van der Waals surface area contributed by atoms with Crippen LogP contribution >= 0.6 is 11.8 Å². The lowest BCUT2D eigenvalue weighted by Gasteiger charge is -2.08. The predicted octanol–water partition coefficient (Wildman–Crippen LogP) is 2.21. The molecule has 0 saturated heterocycles. The van der Waals surface area contributed by atoms with Gasteiger partial charge in [-0.05, 0) is 6.26 Å². The molecule has 7 nitrogen and oxygen atoms in total. The van der Waals surface area contributed by atoms with Gasteiger partial charge >= 0.3 is 0 Å². The molecule has 122 valence electrons. The zero-order valence-corrected chi connectivity index (χ0v) is 13.9. The molecular formula is C15H17N3O4S. The molecule has 0 N–H and O–H groups in total. The van der Waals surface area contributed by atoms with Gasteiger partial charge in [0.25, 0.3) is 0 Å². The van der Waals surface area contributed by atoms with Gasteiger partial charge in [0.1, 0.15) is 26.5 Å². The minimum Gasteiger partial charge on any atom is -0.399 e. The van der Waals surface area contributed by atoms with Crippen LogP contribution in [0.1, 0.15) is 17.5 Å². The van der Waals surface area contributed by atoms with Crippen LogP contribution in [0.25, 0.3) is 0 Å². The van der Waals surface area contributed by atoms with Gasteiger partial charge in [0.15, 0.2) is 16.5 Å².